The topological polar surface area (TPSA) is 176 Å². The lowest BCUT2D eigenvalue weighted by Gasteiger charge is -2.31. The normalized spacial score (nSPS) is 19.1. The molecule has 2 amide bonds. The van der Waals surface area contributed by atoms with Crippen LogP contribution in [-0.2, 0) is 48.6 Å². The number of alkyl halides is 3. The SMILES string of the molecule is CC(C)(C)OC(=O)CCC(CO)NC(=O)CCNC(=O)C1=CC2OC(c3ccccc3)(c3ccccc3)OC2C(OC(=O)c2ccc(C=CC(=O)OCC(F)(F)F)cc2)C1. The van der Waals surface area contributed by atoms with E-state index in [1.54, 1.807) is 26.8 Å². The van der Waals surface area contributed by atoms with Gasteiger partial charge in [0, 0.05) is 48.6 Å². The zero-order chi connectivity index (χ0) is 43.5. The first-order valence-corrected chi connectivity index (χ1v) is 19.2. The molecule has 4 unspecified atom stereocenters. The first kappa shape index (κ1) is 45.2. The van der Waals surface area contributed by atoms with Crippen LogP contribution in [-0.4, -0.2) is 90.7 Å². The number of aliphatic hydroxyl groups is 1. The smallest absolute Gasteiger partial charge is 0.422 e. The molecule has 5 rings (SSSR count). The lowest BCUT2D eigenvalue weighted by atomic mass is 9.91. The minimum Gasteiger partial charge on any atom is -0.460 e. The Hall–Kier alpha value is -5.84. The van der Waals surface area contributed by atoms with Crippen molar-refractivity contribution in [3.05, 3.63) is 125 Å². The lowest BCUT2D eigenvalue weighted by molar-refractivity contribution is -0.182. The van der Waals surface area contributed by atoms with E-state index in [4.69, 9.17) is 18.9 Å². The average Bonchev–Trinajstić information content (AvgIpc) is 3.62. The van der Waals surface area contributed by atoms with Gasteiger partial charge in [-0.15, -0.1) is 0 Å². The highest BCUT2D eigenvalue weighted by Gasteiger charge is 2.55. The van der Waals surface area contributed by atoms with E-state index in [2.05, 4.69) is 15.4 Å². The Kier molecular flexibility index (Phi) is 15.0. The Morgan fingerprint density at radius 2 is 1.53 bits per heavy atom. The summed E-state index contributed by atoms with van der Waals surface area (Å²) in [4.78, 5) is 63.8. The molecule has 13 nitrogen and oxygen atoms in total. The van der Waals surface area contributed by atoms with Gasteiger partial charge in [0.05, 0.1) is 18.2 Å². The Bertz CT molecular complexity index is 1990. The first-order chi connectivity index (χ1) is 28.4. The van der Waals surface area contributed by atoms with Crippen LogP contribution in [0.25, 0.3) is 6.08 Å². The fraction of sp³-hybridized carbons (Fsp3) is 0.386. The van der Waals surface area contributed by atoms with E-state index in [1.165, 1.54) is 30.3 Å². The molecule has 1 aliphatic heterocycles. The van der Waals surface area contributed by atoms with Crippen LogP contribution in [0.2, 0.25) is 0 Å². The molecule has 3 aromatic carbocycles. The second-order valence-electron chi connectivity index (χ2n) is 15.1. The average molecular weight is 837 g/mol. The van der Waals surface area contributed by atoms with Crippen molar-refractivity contribution in [2.24, 2.45) is 0 Å². The molecule has 60 heavy (non-hydrogen) atoms. The summed E-state index contributed by atoms with van der Waals surface area (Å²) >= 11 is 0. The van der Waals surface area contributed by atoms with Crippen molar-refractivity contribution in [3.63, 3.8) is 0 Å². The quantitative estimate of drug-likeness (QED) is 0.0951. The van der Waals surface area contributed by atoms with Crippen molar-refractivity contribution in [1.82, 2.24) is 10.6 Å². The van der Waals surface area contributed by atoms with Crippen LogP contribution >= 0.6 is 0 Å². The summed E-state index contributed by atoms with van der Waals surface area (Å²) in [5, 5.41) is 15.1. The number of rotatable bonds is 16. The molecular formula is C44H47F3N2O11. The molecule has 2 aliphatic rings. The third-order valence-corrected chi connectivity index (χ3v) is 9.22. The number of benzene rings is 3. The Labute approximate surface area is 344 Å². The van der Waals surface area contributed by atoms with Crippen molar-refractivity contribution >= 4 is 35.8 Å². The lowest BCUT2D eigenvalue weighted by Crippen LogP contribution is -2.44. The summed E-state index contributed by atoms with van der Waals surface area (Å²) in [7, 11) is 0. The van der Waals surface area contributed by atoms with Gasteiger partial charge in [0.15, 0.2) is 6.61 Å². The van der Waals surface area contributed by atoms with Gasteiger partial charge in [0.2, 0.25) is 17.6 Å². The zero-order valence-corrected chi connectivity index (χ0v) is 33.2. The molecule has 3 N–H and O–H groups in total. The van der Waals surface area contributed by atoms with Crippen LogP contribution < -0.4 is 10.6 Å². The highest BCUT2D eigenvalue weighted by atomic mass is 19.4. The number of amides is 2. The highest BCUT2D eigenvalue weighted by Crippen LogP contribution is 2.47. The minimum absolute atomic E-state index is 0.0131. The van der Waals surface area contributed by atoms with Crippen LogP contribution in [0.4, 0.5) is 13.2 Å². The second-order valence-corrected chi connectivity index (χ2v) is 15.1. The maximum Gasteiger partial charge on any atom is 0.422 e. The summed E-state index contributed by atoms with van der Waals surface area (Å²) in [6, 6.07) is 23.3. The number of hydrogen-bond donors (Lipinski definition) is 3. The molecule has 0 aromatic heterocycles. The third-order valence-electron chi connectivity index (χ3n) is 9.22. The molecule has 0 spiro atoms. The Morgan fingerprint density at radius 3 is 2.12 bits per heavy atom. The van der Waals surface area contributed by atoms with Crippen LogP contribution in [0.3, 0.4) is 0 Å². The molecule has 1 fully saturated rings. The van der Waals surface area contributed by atoms with Crippen molar-refractivity contribution in [2.75, 3.05) is 19.8 Å². The molecule has 4 atom stereocenters. The van der Waals surface area contributed by atoms with Gasteiger partial charge in [0.1, 0.15) is 23.9 Å². The minimum atomic E-state index is -4.67. The van der Waals surface area contributed by atoms with Crippen molar-refractivity contribution in [3.8, 4) is 0 Å². The molecule has 1 heterocycles. The maximum atomic E-state index is 13.6. The third kappa shape index (κ3) is 12.8. The number of fused-ring (bicyclic) bond motifs is 1. The molecule has 320 valence electrons. The molecule has 3 aromatic rings. The fourth-order valence-electron chi connectivity index (χ4n) is 6.49. The molecule has 0 radical (unpaired) electrons. The van der Waals surface area contributed by atoms with E-state index in [1.807, 2.05) is 60.7 Å². The van der Waals surface area contributed by atoms with Gasteiger partial charge in [-0.25, -0.2) is 9.59 Å². The number of carbonyl (C=O) groups excluding carboxylic acids is 5. The standard InChI is InChI=1S/C44H47F3N2O11/c1-42(2,3)59-38(53)21-19-33(26-50)49-36(51)22-23-48-40(54)30-24-34(57-41(55)29-17-14-28(15-18-29)16-20-37(52)56-27-43(45,46)47)39-35(25-30)58-44(60-39,31-10-6-4-7-11-31)32-12-8-5-9-13-32/h4-18,20,25,33-35,39,50H,19,21-24,26-27H2,1-3H3,(H,48,54)(H,49,51). The number of carbonyl (C=O) groups is 5. The summed E-state index contributed by atoms with van der Waals surface area (Å²) in [6.07, 6.45) is -3.92. The molecule has 1 saturated heterocycles. The van der Waals surface area contributed by atoms with Crippen LogP contribution in [0.15, 0.2) is 103 Å². The predicted octanol–water partition coefficient (Wildman–Crippen LogP) is 5.45. The monoisotopic (exact) mass is 836 g/mol. The number of nitrogens with one attached hydrogen (secondary N) is 2. The van der Waals surface area contributed by atoms with Gasteiger partial charge in [-0.05, 0) is 57.0 Å². The molecular weight excluding hydrogens is 789 g/mol. The van der Waals surface area contributed by atoms with Gasteiger partial charge in [-0.3, -0.25) is 14.4 Å². The molecule has 0 bridgehead atoms. The number of aliphatic hydroxyl groups excluding tert-OH is 1. The Morgan fingerprint density at radius 1 is 0.900 bits per heavy atom. The number of esters is 3. The van der Waals surface area contributed by atoms with E-state index in [0.29, 0.717) is 16.7 Å². The van der Waals surface area contributed by atoms with Gasteiger partial charge in [-0.1, -0.05) is 72.8 Å². The maximum absolute atomic E-state index is 13.6. The molecule has 1 aliphatic carbocycles. The molecule has 16 heteroatoms. The number of hydrogen-bond acceptors (Lipinski definition) is 11. The van der Waals surface area contributed by atoms with E-state index >= 15 is 0 Å². The molecule has 0 saturated carbocycles. The summed E-state index contributed by atoms with van der Waals surface area (Å²) in [5.41, 5.74) is 1.32. The summed E-state index contributed by atoms with van der Waals surface area (Å²) in [5.74, 6) is -4.89. The van der Waals surface area contributed by atoms with Crippen LogP contribution in [0.5, 0.6) is 0 Å². The van der Waals surface area contributed by atoms with Crippen molar-refractivity contribution in [2.45, 2.75) is 88.4 Å². The first-order valence-electron chi connectivity index (χ1n) is 19.2. The van der Waals surface area contributed by atoms with Crippen LogP contribution in [0, 0.1) is 0 Å². The van der Waals surface area contributed by atoms with Crippen molar-refractivity contribution in [1.29, 1.82) is 0 Å². The number of halogens is 3. The van der Waals surface area contributed by atoms with E-state index in [0.717, 1.165) is 6.08 Å². The predicted molar refractivity (Wildman–Crippen MR) is 210 cm³/mol. The van der Waals surface area contributed by atoms with Gasteiger partial charge < -0.3 is 39.4 Å². The van der Waals surface area contributed by atoms with Gasteiger partial charge in [-0.2, -0.15) is 13.2 Å². The van der Waals surface area contributed by atoms with E-state index in [-0.39, 0.29) is 43.4 Å². The van der Waals surface area contributed by atoms with E-state index in [9.17, 15) is 42.3 Å². The fourth-order valence-corrected chi connectivity index (χ4v) is 6.49. The largest absolute Gasteiger partial charge is 0.460 e. The zero-order valence-electron chi connectivity index (χ0n) is 33.2. The van der Waals surface area contributed by atoms with Gasteiger partial charge >= 0.3 is 24.1 Å². The summed E-state index contributed by atoms with van der Waals surface area (Å²) < 4.78 is 66.0. The van der Waals surface area contributed by atoms with Crippen molar-refractivity contribution < 1.29 is 65.9 Å². The number of ether oxygens (including phenoxy) is 5. The van der Waals surface area contributed by atoms with E-state index < -0.39 is 84.9 Å². The van der Waals surface area contributed by atoms with Crippen LogP contribution in [0.1, 0.15) is 73.5 Å². The highest BCUT2D eigenvalue weighted by molar-refractivity contribution is 5.94. The summed E-state index contributed by atoms with van der Waals surface area (Å²) in [6.45, 7) is 3.00. The Balaban J connectivity index is 1.29. The second kappa shape index (κ2) is 19.9. The van der Waals surface area contributed by atoms with Gasteiger partial charge in [0.25, 0.3) is 0 Å².